The van der Waals surface area contributed by atoms with Crippen LogP contribution in [0.3, 0.4) is 0 Å². The molecule has 0 fully saturated rings. The van der Waals surface area contributed by atoms with E-state index in [-0.39, 0.29) is 5.82 Å². The van der Waals surface area contributed by atoms with Crippen LogP contribution in [0.4, 0.5) is 4.39 Å². The molecule has 0 saturated heterocycles. The molecular weight excluding hydrogens is 283 g/mol. The number of halogens is 1. The maximum atomic E-state index is 13.8. The van der Waals surface area contributed by atoms with Crippen molar-refractivity contribution in [3.63, 3.8) is 0 Å². The zero-order valence-corrected chi connectivity index (χ0v) is 13.4. The van der Waals surface area contributed by atoms with Gasteiger partial charge in [-0.2, -0.15) is 11.3 Å². The standard InChI is InChI=1S/C18H23FOS/c1-2-3-4-5-6-7-11-20-18-13-15(8-9-17(18)19)16-10-12-21-14-16/h8-10,12-14H,2-7,11H2,1H3. The lowest BCUT2D eigenvalue weighted by atomic mass is 10.1. The van der Waals surface area contributed by atoms with E-state index < -0.39 is 0 Å². The van der Waals surface area contributed by atoms with Crippen LogP contribution in [0, 0.1) is 5.82 Å². The molecule has 0 spiro atoms. The van der Waals surface area contributed by atoms with Crippen LogP contribution in [0.25, 0.3) is 11.1 Å². The van der Waals surface area contributed by atoms with Gasteiger partial charge in [-0.15, -0.1) is 0 Å². The quantitative estimate of drug-likeness (QED) is 0.494. The average molecular weight is 306 g/mol. The number of unbranched alkanes of at least 4 members (excludes halogenated alkanes) is 5. The number of rotatable bonds is 9. The number of hydrogen-bond acceptors (Lipinski definition) is 2. The van der Waals surface area contributed by atoms with Gasteiger partial charge in [0.15, 0.2) is 11.6 Å². The third-order valence-corrected chi connectivity index (χ3v) is 4.22. The lowest BCUT2D eigenvalue weighted by Crippen LogP contribution is -1.99. The normalized spacial score (nSPS) is 10.8. The molecule has 0 atom stereocenters. The molecule has 1 aromatic heterocycles. The summed E-state index contributed by atoms with van der Waals surface area (Å²) in [7, 11) is 0. The fourth-order valence-electron chi connectivity index (χ4n) is 2.29. The van der Waals surface area contributed by atoms with Crippen molar-refractivity contribution >= 4 is 11.3 Å². The molecule has 0 saturated carbocycles. The Bertz CT molecular complexity index is 522. The molecule has 21 heavy (non-hydrogen) atoms. The summed E-state index contributed by atoms with van der Waals surface area (Å²) in [6.07, 6.45) is 7.25. The summed E-state index contributed by atoms with van der Waals surface area (Å²) in [5, 5.41) is 4.08. The van der Waals surface area contributed by atoms with E-state index in [9.17, 15) is 4.39 Å². The Morgan fingerprint density at radius 2 is 1.81 bits per heavy atom. The largest absolute Gasteiger partial charge is 0.490 e. The lowest BCUT2D eigenvalue weighted by Gasteiger charge is -2.09. The van der Waals surface area contributed by atoms with E-state index in [1.807, 2.05) is 11.4 Å². The van der Waals surface area contributed by atoms with Gasteiger partial charge in [0.05, 0.1) is 6.61 Å². The second-order valence-electron chi connectivity index (χ2n) is 5.27. The highest BCUT2D eigenvalue weighted by molar-refractivity contribution is 7.08. The van der Waals surface area contributed by atoms with Crippen LogP contribution < -0.4 is 4.74 Å². The molecule has 0 unspecified atom stereocenters. The monoisotopic (exact) mass is 306 g/mol. The molecule has 2 aromatic rings. The molecule has 0 aliphatic carbocycles. The van der Waals surface area contributed by atoms with Crippen LogP contribution in [0.15, 0.2) is 35.0 Å². The van der Waals surface area contributed by atoms with Gasteiger partial charge in [0.1, 0.15) is 0 Å². The molecular formula is C18H23FOS. The Morgan fingerprint density at radius 3 is 2.57 bits per heavy atom. The van der Waals surface area contributed by atoms with Gasteiger partial charge in [0.25, 0.3) is 0 Å². The minimum absolute atomic E-state index is 0.278. The van der Waals surface area contributed by atoms with Crippen molar-refractivity contribution in [3.05, 3.63) is 40.8 Å². The Balaban J connectivity index is 1.81. The molecule has 114 valence electrons. The second kappa shape index (κ2) is 8.83. The first-order chi connectivity index (χ1) is 10.3. The smallest absolute Gasteiger partial charge is 0.165 e. The van der Waals surface area contributed by atoms with Crippen molar-refractivity contribution in [3.8, 4) is 16.9 Å². The van der Waals surface area contributed by atoms with Crippen LogP contribution >= 0.6 is 11.3 Å². The van der Waals surface area contributed by atoms with E-state index in [0.717, 1.165) is 24.0 Å². The van der Waals surface area contributed by atoms with Crippen LogP contribution in [-0.2, 0) is 0 Å². The van der Waals surface area contributed by atoms with Gasteiger partial charge in [-0.05, 0) is 46.5 Å². The highest BCUT2D eigenvalue weighted by atomic mass is 32.1. The summed E-state index contributed by atoms with van der Waals surface area (Å²) in [5.41, 5.74) is 2.13. The van der Waals surface area contributed by atoms with Crippen LogP contribution in [0.5, 0.6) is 5.75 Å². The van der Waals surface area contributed by atoms with E-state index >= 15 is 0 Å². The van der Waals surface area contributed by atoms with Gasteiger partial charge in [0.2, 0.25) is 0 Å². The molecule has 2 rings (SSSR count). The predicted octanol–water partition coefficient (Wildman–Crippen LogP) is 6.29. The number of benzene rings is 1. The van der Waals surface area contributed by atoms with E-state index in [1.54, 1.807) is 23.5 Å². The SMILES string of the molecule is CCCCCCCCOc1cc(-c2ccsc2)ccc1F. The molecule has 0 aliphatic rings. The first-order valence-electron chi connectivity index (χ1n) is 7.76. The molecule has 3 heteroatoms. The topological polar surface area (TPSA) is 9.23 Å². The maximum absolute atomic E-state index is 13.8. The second-order valence-corrected chi connectivity index (χ2v) is 6.05. The average Bonchev–Trinajstić information content (AvgIpc) is 3.02. The summed E-state index contributed by atoms with van der Waals surface area (Å²) >= 11 is 1.64. The van der Waals surface area contributed by atoms with Crippen molar-refractivity contribution in [2.75, 3.05) is 6.61 Å². The summed E-state index contributed by atoms with van der Waals surface area (Å²) in [5.74, 6) is 0.0900. The first kappa shape index (κ1) is 16.0. The molecule has 1 nitrogen and oxygen atoms in total. The van der Waals surface area contributed by atoms with Crippen molar-refractivity contribution in [2.45, 2.75) is 45.4 Å². The number of ether oxygens (including phenoxy) is 1. The Morgan fingerprint density at radius 1 is 1.00 bits per heavy atom. The third kappa shape index (κ3) is 5.16. The minimum atomic E-state index is -0.278. The summed E-state index contributed by atoms with van der Waals surface area (Å²) in [6.45, 7) is 2.81. The van der Waals surface area contributed by atoms with Crippen molar-refractivity contribution in [1.29, 1.82) is 0 Å². The molecule has 1 aromatic carbocycles. The highest BCUT2D eigenvalue weighted by Gasteiger charge is 2.06. The molecule has 0 radical (unpaired) electrons. The van der Waals surface area contributed by atoms with Gasteiger partial charge in [-0.25, -0.2) is 4.39 Å². The Labute approximate surface area is 130 Å². The van der Waals surface area contributed by atoms with Crippen LogP contribution in [-0.4, -0.2) is 6.61 Å². The summed E-state index contributed by atoms with van der Waals surface area (Å²) < 4.78 is 19.4. The Hall–Kier alpha value is -1.35. The van der Waals surface area contributed by atoms with Gasteiger partial charge < -0.3 is 4.74 Å². The van der Waals surface area contributed by atoms with Crippen molar-refractivity contribution < 1.29 is 9.13 Å². The first-order valence-corrected chi connectivity index (χ1v) is 8.70. The van der Waals surface area contributed by atoms with Gasteiger partial charge in [-0.1, -0.05) is 45.1 Å². The van der Waals surface area contributed by atoms with E-state index in [4.69, 9.17) is 4.74 Å². The molecule has 0 N–H and O–H groups in total. The zero-order chi connectivity index (χ0) is 14.9. The third-order valence-electron chi connectivity index (χ3n) is 3.54. The minimum Gasteiger partial charge on any atom is -0.490 e. The molecule has 0 aliphatic heterocycles. The van der Waals surface area contributed by atoms with Crippen molar-refractivity contribution in [2.24, 2.45) is 0 Å². The zero-order valence-electron chi connectivity index (χ0n) is 12.6. The van der Waals surface area contributed by atoms with Gasteiger partial charge >= 0.3 is 0 Å². The van der Waals surface area contributed by atoms with Gasteiger partial charge in [0, 0.05) is 0 Å². The number of thiophene rings is 1. The molecule has 1 heterocycles. The predicted molar refractivity (Wildman–Crippen MR) is 88.6 cm³/mol. The van der Waals surface area contributed by atoms with Crippen LogP contribution in [0.1, 0.15) is 45.4 Å². The Kier molecular flexibility index (Phi) is 6.74. The fourth-order valence-corrected chi connectivity index (χ4v) is 2.95. The van der Waals surface area contributed by atoms with E-state index in [1.165, 1.54) is 31.7 Å². The summed E-state index contributed by atoms with van der Waals surface area (Å²) in [4.78, 5) is 0. The van der Waals surface area contributed by atoms with Crippen LogP contribution in [0.2, 0.25) is 0 Å². The number of hydrogen-bond donors (Lipinski definition) is 0. The van der Waals surface area contributed by atoms with Gasteiger partial charge in [-0.3, -0.25) is 0 Å². The lowest BCUT2D eigenvalue weighted by molar-refractivity contribution is 0.290. The van der Waals surface area contributed by atoms with E-state index in [0.29, 0.717) is 12.4 Å². The summed E-state index contributed by atoms with van der Waals surface area (Å²) in [6, 6.07) is 7.13. The fraction of sp³-hybridized carbons (Fsp3) is 0.444. The molecule has 0 bridgehead atoms. The van der Waals surface area contributed by atoms with Crippen molar-refractivity contribution in [1.82, 2.24) is 0 Å². The van der Waals surface area contributed by atoms with E-state index in [2.05, 4.69) is 12.3 Å². The molecule has 0 amide bonds. The maximum Gasteiger partial charge on any atom is 0.165 e. The highest BCUT2D eigenvalue weighted by Crippen LogP contribution is 2.28.